The summed E-state index contributed by atoms with van der Waals surface area (Å²) < 4.78 is 5.45. The number of rotatable bonds is 6. The van der Waals surface area contributed by atoms with Crippen molar-refractivity contribution in [3.63, 3.8) is 0 Å². The summed E-state index contributed by atoms with van der Waals surface area (Å²) in [6, 6.07) is 12.0. The third-order valence-corrected chi connectivity index (χ3v) is 6.22. The molecule has 5 rings (SSSR count). The summed E-state index contributed by atoms with van der Waals surface area (Å²) in [4.78, 5) is 24.4. The van der Waals surface area contributed by atoms with Gasteiger partial charge in [-0.05, 0) is 41.3 Å². The molecule has 0 bridgehead atoms. The molecule has 0 aliphatic carbocycles. The van der Waals surface area contributed by atoms with E-state index in [2.05, 4.69) is 21.4 Å². The van der Waals surface area contributed by atoms with Gasteiger partial charge in [-0.15, -0.1) is 11.3 Å². The lowest BCUT2D eigenvalue weighted by Crippen LogP contribution is -2.28. The summed E-state index contributed by atoms with van der Waals surface area (Å²) in [5.74, 6) is -0.0741. The maximum atomic E-state index is 13.1. The monoisotopic (exact) mass is 420 g/mol. The number of nitrogens with zero attached hydrogens (tertiary/aromatic N) is 3. The van der Waals surface area contributed by atoms with Crippen molar-refractivity contribution in [2.24, 2.45) is 0 Å². The van der Waals surface area contributed by atoms with E-state index < -0.39 is 0 Å². The summed E-state index contributed by atoms with van der Waals surface area (Å²) in [6.07, 6.45) is 3.97. The van der Waals surface area contributed by atoms with Gasteiger partial charge in [-0.3, -0.25) is 4.79 Å². The molecule has 1 aliphatic rings. The molecule has 3 heterocycles. The van der Waals surface area contributed by atoms with Crippen LogP contribution in [0.15, 0.2) is 53.4 Å². The minimum atomic E-state index is -0.0741. The minimum absolute atomic E-state index is 0.0741. The lowest BCUT2D eigenvalue weighted by molar-refractivity contribution is 0.0989. The number of hydrogen-bond acceptors (Lipinski definition) is 7. The van der Waals surface area contributed by atoms with Gasteiger partial charge in [0.1, 0.15) is 5.52 Å². The second kappa shape index (κ2) is 7.98. The Hall–Kier alpha value is -3.07. The Balaban J connectivity index is 1.42. The summed E-state index contributed by atoms with van der Waals surface area (Å²) >= 11 is 1.39. The van der Waals surface area contributed by atoms with Crippen LogP contribution in [0.5, 0.6) is 0 Å². The number of aromatic nitrogens is 2. The molecule has 152 valence electrons. The molecule has 1 aliphatic heterocycles. The fraction of sp³-hybridized carbons (Fsp3) is 0.227. The third kappa shape index (κ3) is 3.39. The first-order valence-electron chi connectivity index (χ1n) is 9.78. The molecule has 8 heteroatoms. The third-order valence-electron chi connectivity index (χ3n) is 5.24. The number of hydrogen-bond donors (Lipinski definition) is 2. The molecule has 30 heavy (non-hydrogen) atoms. The standard InChI is InChI=1S/C22H20N4O3S/c27-9-7-23-11-15-12-24-21(30-15)22(28)26-8-6-17-16(2-1-3-19(17)26)14-4-5-18-20(10-14)29-13-25-18/h1-5,10,12-13,23,27H,6-9,11H2. The van der Waals surface area contributed by atoms with E-state index in [1.54, 1.807) is 6.20 Å². The van der Waals surface area contributed by atoms with Crippen LogP contribution in [0, 0.1) is 0 Å². The average Bonchev–Trinajstić information content (AvgIpc) is 3.51. The van der Waals surface area contributed by atoms with Crippen LogP contribution in [0.2, 0.25) is 0 Å². The van der Waals surface area contributed by atoms with Crippen molar-refractivity contribution in [1.29, 1.82) is 0 Å². The predicted molar refractivity (Wildman–Crippen MR) is 116 cm³/mol. The topological polar surface area (TPSA) is 91.5 Å². The second-order valence-corrected chi connectivity index (χ2v) is 8.19. The van der Waals surface area contributed by atoms with Gasteiger partial charge in [0.2, 0.25) is 0 Å². The Morgan fingerprint density at radius 3 is 3.10 bits per heavy atom. The van der Waals surface area contributed by atoms with E-state index in [0.29, 0.717) is 24.6 Å². The number of oxazole rings is 1. The molecule has 0 unspecified atom stereocenters. The summed E-state index contributed by atoms with van der Waals surface area (Å²) in [5.41, 5.74) is 5.83. The fourth-order valence-electron chi connectivity index (χ4n) is 3.83. The van der Waals surface area contributed by atoms with Gasteiger partial charge in [-0.1, -0.05) is 18.2 Å². The van der Waals surface area contributed by atoms with Crippen molar-refractivity contribution in [1.82, 2.24) is 15.3 Å². The van der Waals surface area contributed by atoms with Gasteiger partial charge in [0, 0.05) is 36.4 Å². The lowest BCUT2D eigenvalue weighted by Gasteiger charge is -2.16. The Morgan fingerprint density at radius 1 is 1.27 bits per heavy atom. The highest BCUT2D eigenvalue weighted by Crippen LogP contribution is 2.37. The molecule has 0 fully saturated rings. The number of nitrogens with one attached hydrogen (secondary N) is 1. The van der Waals surface area contributed by atoms with E-state index >= 15 is 0 Å². The number of amides is 1. The van der Waals surface area contributed by atoms with Crippen molar-refractivity contribution < 1.29 is 14.3 Å². The molecular weight excluding hydrogens is 400 g/mol. The molecule has 2 aromatic heterocycles. The second-order valence-electron chi connectivity index (χ2n) is 7.08. The zero-order valence-electron chi connectivity index (χ0n) is 16.2. The quantitative estimate of drug-likeness (QED) is 0.466. The average molecular weight is 420 g/mol. The van der Waals surface area contributed by atoms with Crippen molar-refractivity contribution >= 4 is 34.0 Å². The zero-order valence-corrected chi connectivity index (χ0v) is 17.0. The first-order chi connectivity index (χ1) is 14.7. The number of fused-ring (bicyclic) bond motifs is 2. The molecule has 0 saturated heterocycles. The molecule has 2 N–H and O–H groups in total. The van der Waals surface area contributed by atoms with Crippen molar-refractivity contribution in [3.05, 3.63) is 64.4 Å². The van der Waals surface area contributed by atoms with E-state index in [9.17, 15) is 4.79 Å². The number of aliphatic hydroxyl groups is 1. The molecule has 0 radical (unpaired) electrons. The summed E-state index contributed by atoms with van der Waals surface area (Å²) in [7, 11) is 0. The number of benzene rings is 2. The highest BCUT2D eigenvalue weighted by molar-refractivity contribution is 7.13. The highest BCUT2D eigenvalue weighted by atomic mass is 32.1. The van der Waals surface area contributed by atoms with E-state index in [-0.39, 0.29) is 12.5 Å². The van der Waals surface area contributed by atoms with Crippen molar-refractivity contribution in [2.75, 3.05) is 24.6 Å². The first-order valence-corrected chi connectivity index (χ1v) is 10.6. The molecule has 0 spiro atoms. The summed E-state index contributed by atoms with van der Waals surface area (Å²) in [5, 5.41) is 12.5. The van der Waals surface area contributed by atoms with Gasteiger partial charge in [0.15, 0.2) is 17.0 Å². The molecule has 7 nitrogen and oxygen atoms in total. The normalized spacial score (nSPS) is 13.2. The van der Waals surface area contributed by atoms with Crippen LogP contribution in [-0.2, 0) is 13.0 Å². The van der Waals surface area contributed by atoms with Gasteiger partial charge < -0.3 is 19.7 Å². The maximum Gasteiger partial charge on any atom is 0.287 e. The Bertz CT molecular complexity index is 1220. The number of aliphatic hydroxyl groups excluding tert-OH is 1. The van der Waals surface area contributed by atoms with Gasteiger partial charge in [0.25, 0.3) is 5.91 Å². The van der Waals surface area contributed by atoms with Gasteiger partial charge in [0.05, 0.1) is 6.61 Å². The van der Waals surface area contributed by atoms with Crippen LogP contribution in [0.25, 0.3) is 22.2 Å². The van der Waals surface area contributed by atoms with Crippen LogP contribution in [0.3, 0.4) is 0 Å². The lowest BCUT2D eigenvalue weighted by atomic mass is 9.97. The molecule has 1 amide bonds. The largest absolute Gasteiger partial charge is 0.443 e. The number of thiazole rings is 1. The zero-order chi connectivity index (χ0) is 20.5. The number of carbonyl (C=O) groups excluding carboxylic acids is 1. The Kier molecular flexibility index (Phi) is 5.04. The number of carbonyl (C=O) groups is 1. The molecule has 0 atom stereocenters. The van der Waals surface area contributed by atoms with E-state index in [1.807, 2.05) is 35.2 Å². The molecule has 0 saturated carbocycles. The van der Waals surface area contributed by atoms with Crippen LogP contribution < -0.4 is 10.2 Å². The van der Waals surface area contributed by atoms with Crippen LogP contribution in [0.4, 0.5) is 5.69 Å². The van der Waals surface area contributed by atoms with Crippen LogP contribution in [-0.4, -0.2) is 40.7 Å². The van der Waals surface area contributed by atoms with E-state index in [4.69, 9.17) is 9.52 Å². The van der Waals surface area contributed by atoms with Crippen molar-refractivity contribution in [2.45, 2.75) is 13.0 Å². The highest BCUT2D eigenvalue weighted by Gasteiger charge is 2.29. The van der Waals surface area contributed by atoms with Crippen molar-refractivity contribution in [3.8, 4) is 11.1 Å². The predicted octanol–water partition coefficient (Wildman–Crippen LogP) is 3.24. The van der Waals surface area contributed by atoms with Crippen LogP contribution >= 0.6 is 11.3 Å². The fourth-order valence-corrected chi connectivity index (χ4v) is 4.66. The molecular formula is C22H20N4O3S. The van der Waals surface area contributed by atoms with Gasteiger partial charge in [-0.25, -0.2) is 9.97 Å². The smallest absolute Gasteiger partial charge is 0.287 e. The van der Waals surface area contributed by atoms with Gasteiger partial charge >= 0.3 is 0 Å². The van der Waals surface area contributed by atoms with Crippen LogP contribution in [0.1, 0.15) is 20.2 Å². The number of anilines is 1. The summed E-state index contributed by atoms with van der Waals surface area (Å²) in [6.45, 7) is 1.83. The van der Waals surface area contributed by atoms with E-state index in [0.717, 1.165) is 44.8 Å². The minimum Gasteiger partial charge on any atom is -0.443 e. The van der Waals surface area contributed by atoms with Gasteiger partial charge in [-0.2, -0.15) is 0 Å². The molecule has 4 aromatic rings. The Labute approximate surface area is 177 Å². The maximum absolute atomic E-state index is 13.1. The molecule has 2 aromatic carbocycles. The SMILES string of the molecule is O=C(c1ncc(CNCCO)s1)N1CCc2c(-c3ccc4ncoc4c3)cccc21. The first kappa shape index (κ1) is 18.9. The van der Waals surface area contributed by atoms with E-state index in [1.165, 1.54) is 17.7 Å². The Morgan fingerprint density at radius 2 is 2.20 bits per heavy atom.